The third-order valence-corrected chi connectivity index (χ3v) is 4.15. The van der Waals surface area contributed by atoms with Crippen molar-refractivity contribution < 1.29 is 19.1 Å². The lowest BCUT2D eigenvalue weighted by Gasteiger charge is -2.13. The van der Waals surface area contributed by atoms with E-state index >= 15 is 0 Å². The van der Waals surface area contributed by atoms with E-state index in [1.807, 2.05) is 12.1 Å². The van der Waals surface area contributed by atoms with Crippen LogP contribution in [0.4, 0.5) is 11.4 Å². The van der Waals surface area contributed by atoms with Gasteiger partial charge in [-0.15, -0.1) is 0 Å². The first-order chi connectivity index (χ1) is 13.4. The molecular formula is C21H25N3O4. The van der Waals surface area contributed by atoms with Gasteiger partial charge in [0.2, 0.25) is 6.04 Å². The Morgan fingerprint density at radius 3 is 2.29 bits per heavy atom. The number of para-hydroxylation sites is 2. The first kappa shape index (κ1) is 21.1. The molecule has 0 aromatic heterocycles. The normalized spacial score (nSPS) is 12.1. The number of nitrogens with zero attached hydrogens (tertiary/aromatic N) is 2. The predicted molar refractivity (Wildman–Crippen MR) is 108 cm³/mol. The van der Waals surface area contributed by atoms with Crippen LogP contribution in [0.2, 0.25) is 0 Å². The number of hydrogen-bond donors (Lipinski definition) is 1. The van der Waals surface area contributed by atoms with Gasteiger partial charge in [-0.1, -0.05) is 32.0 Å². The summed E-state index contributed by atoms with van der Waals surface area (Å²) in [5, 5.41) is 10.7. The third kappa shape index (κ3) is 5.16. The van der Waals surface area contributed by atoms with E-state index in [0.717, 1.165) is 5.56 Å². The van der Waals surface area contributed by atoms with E-state index in [4.69, 9.17) is 9.47 Å². The molecule has 1 amide bonds. The highest BCUT2D eigenvalue weighted by Gasteiger charge is 2.24. The van der Waals surface area contributed by atoms with Crippen LogP contribution < -0.4 is 14.8 Å². The number of amides is 1. The standard InChI is InChI=1S/C21H25N3O4/c1-13(2)15-10-11-17(19(12-15)28-5)23-24-20(14(3)25)21(26)22-16-8-6-7-9-18(16)27-4/h6-13,20H,1-5H3,(H,22,26). The highest BCUT2D eigenvalue weighted by Crippen LogP contribution is 2.31. The number of rotatable bonds is 8. The van der Waals surface area contributed by atoms with Gasteiger partial charge in [0, 0.05) is 0 Å². The largest absolute Gasteiger partial charge is 0.495 e. The average Bonchev–Trinajstić information content (AvgIpc) is 2.68. The molecule has 0 bridgehead atoms. The molecule has 0 aliphatic carbocycles. The van der Waals surface area contributed by atoms with Crippen LogP contribution >= 0.6 is 0 Å². The second kappa shape index (κ2) is 9.64. The molecule has 0 fully saturated rings. The molecule has 1 atom stereocenters. The number of nitrogens with one attached hydrogen (secondary N) is 1. The quantitative estimate of drug-likeness (QED) is 0.536. The molecule has 2 aromatic carbocycles. The number of anilines is 1. The number of benzene rings is 2. The van der Waals surface area contributed by atoms with Crippen molar-refractivity contribution in [2.75, 3.05) is 19.5 Å². The van der Waals surface area contributed by atoms with Gasteiger partial charge in [0.05, 0.1) is 19.9 Å². The Morgan fingerprint density at radius 2 is 1.68 bits per heavy atom. The summed E-state index contributed by atoms with van der Waals surface area (Å²) >= 11 is 0. The van der Waals surface area contributed by atoms with Crippen molar-refractivity contribution in [2.24, 2.45) is 10.2 Å². The Balaban J connectivity index is 2.25. The Labute approximate surface area is 164 Å². The van der Waals surface area contributed by atoms with Crippen molar-refractivity contribution >= 4 is 23.1 Å². The Bertz CT molecular complexity index is 878. The summed E-state index contributed by atoms with van der Waals surface area (Å²) in [6, 6.07) is 11.2. The number of carbonyl (C=O) groups is 2. The van der Waals surface area contributed by atoms with Crippen LogP contribution in [-0.4, -0.2) is 32.0 Å². The van der Waals surface area contributed by atoms with Gasteiger partial charge in [-0.05, 0) is 42.7 Å². The van der Waals surface area contributed by atoms with Gasteiger partial charge in [-0.3, -0.25) is 9.59 Å². The molecule has 0 radical (unpaired) electrons. The van der Waals surface area contributed by atoms with Crippen LogP contribution in [0.25, 0.3) is 0 Å². The summed E-state index contributed by atoms with van der Waals surface area (Å²) in [5.41, 5.74) is 1.99. The van der Waals surface area contributed by atoms with Crippen LogP contribution in [0.5, 0.6) is 11.5 Å². The molecule has 0 aliphatic heterocycles. The molecule has 0 aliphatic rings. The molecule has 1 N–H and O–H groups in total. The van der Waals surface area contributed by atoms with Crippen LogP contribution in [0.15, 0.2) is 52.7 Å². The fourth-order valence-electron chi connectivity index (χ4n) is 2.52. The highest BCUT2D eigenvalue weighted by molar-refractivity contribution is 6.10. The smallest absolute Gasteiger partial charge is 0.258 e. The number of hydrogen-bond acceptors (Lipinski definition) is 6. The first-order valence-corrected chi connectivity index (χ1v) is 8.90. The summed E-state index contributed by atoms with van der Waals surface area (Å²) in [6.45, 7) is 5.44. The van der Waals surface area contributed by atoms with E-state index in [-0.39, 0.29) is 0 Å². The molecule has 2 aromatic rings. The molecule has 0 spiro atoms. The minimum atomic E-state index is -1.28. The maximum atomic E-state index is 12.6. The van der Waals surface area contributed by atoms with Crippen LogP contribution in [0.1, 0.15) is 32.3 Å². The van der Waals surface area contributed by atoms with Crippen molar-refractivity contribution in [2.45, 2.75) is 32.7 Å². The van der Waals surface area contributed by atoms with Gasteiger partial charge < -0.3 is 14.8 Å². The molecule has 1 unspecified atom stereocenters. The number of ketones is 1. The molecule has 7 heteroatoms. The fourth-order valence-corrected chi connectivity index (χ4v) is 2.52. The molecular weight excluding hydrogens is 358 g/mol. The number of azo groups is 1. The lowest BCUT2D eigenvalue weighted by atomic mass is 10.0. The second-order valence-corrected chi connectivity index (χ2v) is 6.50. The van der Waals surface area contributed by atoms with E-state index in [0.29, 0.717) is 28.8 Å². The molecule has 0 saturated carbocycles. The number of ether oxygens (including phenoxy) is 2. The van der Waals surface area contributed by atoms with Crippen molar-refractivity contribution in [3.05, 3.63) is 48.0 Å². The topological polar surface area (TPSA) is 89.4 Å². The van der Waals surface area contributed by atoms with Gasteiger partial charge in [0.25, 0.3) is 5.91 Å². The zero-order valence-electron chi connectivity index (χ0n) is 16.7. The van der Waals surface area contributed by atoms with Crippen LogP contribution in [-0.2, 0) is 9.59 Å². The Hall–Kier alpha value is -3.22. The van der Waals surface area contributed by atoms with Crippen LogP contribution in [0.3, 0.4) is 0 Å². The summed E-state index contributed by atoms with van der Waals surface area (Å²) in [7, 11) is 3.04. The monoisotopic (exact) mass is 383 g/mol. The predicted octanol–water partition coefficient (Wildman–Crippen LogP) is 4.51. The highest BCUT2D eigenvalue weighted by atomic mass is 16.5. The summed E-state index contributed by atoms with van der Waals surface area (Å²) in [4.78, 5) is 24.5. The summed E-state index contributed by atoms with van der Waals surface area (Å²) in [6.07, 6.45) is 0. The number of methoxy groups -OCH3 is 2. The van der Waals surface area contributed by atoms with E-state index in [1.165, 1.54) is 21.1 Å². The van der Waals surface area contributed by atoms with Crippen molar-refractivity contribution in [3.63, 3.8) is 0 Å². The van der Waals surface area contributed by atoms with E-state index in [2.05, 4.69) is 29.4 Å². The Kier molecular flexibility index (Phi) is 7.26. The molecule has 148 valence electrons. The van der Waals surface area contributed by atoms with Crippen molar-refractivity contribution in [1.29, 1.82) is 0 Å². The number of Topliss-reactive ketones (excluding diaryl/α,β-unsaturated/α-hetero) is 1. The third-order valence-electron chi connectivity index (χ3n) is 4.15. The molecule has 0 heterocycles. The van der Waals surface area contributed by atoms with E-state index < -0.39 is 17.7 Å². The maximum Gasteiger partial charge on any atom is 0.258 e. The molecule has 28 heavy (non-hydrogen) atoms. The maximum absolute atomic E-state index is 12.6. The van der Waals surface area contributed by atoms with Gasteiger partial charge in [-0.2, -0.15) is 10.2 Å². The lowest BCUT2D eigenvalue weighted by molar-refractivity contribution is -0.126. The number of carbonyl (C=O) groups excluding carboxylic acids is 2. The molecule has 2 rings (SSSR count). The van der Waals surface area contributed by atoms with Gasteiger partial charge in [0.1, 0.15) is 17.2 Å². The van der Waals surface area contributed by atoms with Crippen LogP contribution in [0, 0.1) is 0 Å². The lowest BCUT2D eigenvalue weighted by Crippen LogP contribution is -2.31. The van der Waals surface area contributed by atoms with Crippen molar-refractivity contribution in [3.8, 4) is 11.5 Å². The zero-order chi connectivity index (χ0) is 20.7. The SMILES string of the molecule is COc1cc(C(C)C)ccc1N=NC(C(C)=O)C(=O)Nc1ccccc1OC. The molecule has 7 nitrogen and oxygen atoms in total. The molecule has 0 saturated heterocycles. The van der Waals surface area contributed by atoms with Gasteiger partial charge in [0.15, 0.2) is 5.78 Å². The van der Waals surface area contributed by atoms with Crippen molar-refractivity contribution in [1.82, 2.24) is 0 Å². The zero-order valence-corrected chi connectivity index (χ0v) is 16.7. The van der Waals surface area contributed by atoms with E-state index in [9.17, 15) is 9.59 Å². The first-order valence-electron chi connectivity index (χ1n) is 8.90. The minimum absolute atomic E-state index is 0.330. The summed E-state index contributed by atoms with van der Waals surface area (Å²) in [5.74, 6) is 0.340. The van der Waals surface area contributed by atoms with Gasteiger partial charge >= 0.3 is 0 Å². The van der Waals surface area contributed by atoms with Gasteiger partial charge in [-0.25, -0.2) is 0 Å². The van der Waals surface area contributed by atoms with E-state index in [1.54, 1.807) is 30.3 Å². The average molecular weight is 383 g/mol. The second-order valence-electron chi connectivity index (χ2n) is 6.50. The minimum Gasteiger partial charge on any atom is -0.495 e. The summed E-state index contributed by atoms with van der Waals surface area (Å²) < 4.78 is 10.6. The Morgan fingerprint density at radius 1 is 1.00 bits per heavy atom. The fraction of sp³-hybridized carbons (Fsp3) is 0.333.